The normalized spacial score (nSPS) is 12.6. The zero-order chi connectivity index (χ0) is 10.6. The van der Waals surface area contributed by atoms with Crippen LogP contribution in [0.1, 0.15) is 18.9 Å². The molecule has 0 aromatic heterocycles. The summed E-state index contributed by atoms with van der Waals surface area (Å²) in [5, 5.41) is 0.755. The van der Waals surface area contributed by atoms with Crippen molar-refractivity contribution in [1.82, 2.24) is 0 Å². The van der Waals surface area contributed by atoms with Crippen LogP contribution in [0.3, 0.4) is 0 Å². The molecule has 0 amide bonds. The lowest BCUT2D eigenvalue weighted by Gasteiger charge is -2.08. The van der Waals surface area contributed by atoms with Gasteiger partial charge in [-0.1, -0.05) is 17.7 Å². The van der Waals surface area contributed by atoms with Crippen LogP contribution in [0.25, 0.3) is 0 Å². The van der Waals surface area contributed by atoms with Crippen molar-refractivity contribution in [1.29, 1.82) is 0 Å². The molecule has 3 heteroatoms. The summed E-state index contributed by atoms with van der Waals surface area (Å²) in [4.78, 5) is 0. The van der Waals surface area contributed by atoms with Crippen LogP contribution in [0.4, 0.5) is 0 Å². The Labute approximate surface area is 90.0 Å². The zero-order valence-electron chi connectivity index (χ0n) is 8.59. The van der Waals surface area contributed by atoms with Crippen LogP contribution in [0.2, 0.25) is 5.02 Å². The maximum absolute atomic E-state index is 6.07. The van der Waals surface area contributed by atoms with Crippen molar-refractivity contribution >= 4 is 11.6 Å². The third-order valence-electron chi connectivity index (χ3n) is 2.13. The topological polar surface area (TPSA) is 35.2 Å². The van der Waals surface area contributed by atoms with Gasteiger partial charge in [0.1, 0.15) is 5.75 Å². The van der Waals surface area contributed by atoms with Crippen molar-refractivity contribution in [3.05, 3.63) is 28.8 Å². The second-order valence-corrected chi connectivity index (χ2v) is 3.88. The van der Waals surface area contributed by atoms with Crippen LogP contribution >= 0.6 is 11.6 Å². The van der Waals surface area contributed by atoms with E-state index in [-0.39, 0.29) is 6.04 Å². The number of hydrogen-bond donors (Lipinski definition) is 1. The fraction of sp³-hybridized carbons (Fsp3) is 0.455. The third-order valence-corrected chi connectivity index (χ3v) is 2.48. The van der Waals surface area contributed by atoms with Gasteiger partial charge in [0.25, 0.3) is 0 Å². The molecule has 1 atom stereocenters. The smallest absolute Gasteiger partial charge is 0.120 e. The molecule has 0 aliphatic heterocycles. The first-order valence-corrected chi connectivity index (χ1v) is 5.09. The first kappa shape index (κ1) is 11.3. The molecule has 0 unspecified atom stereocenters. The lowest BCUT2D eigenvalue weighted by molar-refractivity contribution is 0.414. The Bertz CT molecular complexity index is 299. The van der Waals surface area contributed by atoms with Crippen molar-refractivity contribution in [2.45, 2.75) is 25.8 Å². The average molecular weight is 214 g/mol. The summed E-state index contributed by atoms with van der Waals surface area (Å²) >= 11 is 6.07. The summed E-state index contributed by atoms with van der Waals surface area (Å²) in [6, 6.07) is 5.96. The molecule has 0 spiro atoms. The molecule has 2 nitrogen and oxygen atoms in total. The number of ether oxygens (including phenoxy) is 1. The minimum Gasteiger partial charge on any atom is -0.497 e. The van der Waals surface area contributed by atoms with Crippen LogP contribution in [0.5, 0.6) is 5.75 Å². The van der Waals surface area contributed by atoms with E-state index in [2.05, 4.69) is 0 Å². The van der Waals surface area contributed by atoms with Crippen molar-refractivity contribution in [2.75, 3.05) is 7.11 Å². The van der Waals surface area contributed by atoms with Crippen LogP contribution in [-0.4, -0.2) is 13.2 Å². The fourth-order valence-corrected chi connectivity index (χ4v) is 1.51. The molecule has 1 aromatic rings. The van der Waals surface area contributed by atoms with Crippen LogP contribution in [-0.2, 0) is 6.42 Å². The van der Waals surface area contributed by atoms with E-state index < -0.39 is 0 Å². The number of nitrogens with two attached hydrogens (primary N) is 1. The third kappa shape index (κ3) is 3.20. The van der Waals surface area contributed by atoms with E-state index in [1.807, 2.05) is 25.1 Å². The highest BCUT2D eigenvalue weighted by Gasteiger charge is 2.03. The van der Waals surface area contributed by atoms with E-state index in [1.165, 1.54) is 0 Å². The second kappa shape index (κ2) is 5.23. The van der Waals surface area contributed by atoms with E-state index in [9.17, 15) is 0 Å². The molecule has 2 N–H and O–H groups in total. The lowest BCUT2D eigenvalue weighted by atomic mass is 10.1. The minimum absolute atomic E-state index is 0.216. The molecule has 14 heavy (non-hydrogen) atoms. The maximum Gasteiger partial charge on any atom is 0.120 e. The highest BCUT2D eigenvalue weighted by atomic mass is 35.5. The highest BCUT2D eigenvalue weighted by molar-refractivity contribution is 6.31. The summed E-state index contributed by atoms with van der Waals surface area (Å²) in [7, 11) is 1.63. The predicted molar refractivity (Wildman–Crippen MR) is 60.0 cm³/mol. The molecule has 0 saturated carbocycles. The maximum atomic E-state index is 6.07. The van der Waals surface area contributed by atoms with Gasteiger partial charge in [-0.15, -0.1) is 0 Å². The first-order chi connectivity index (χ1) is 6.63. The number of aryl methyl sites for hydroxylation is 1. The van der Waals surface area contributed by atoms with Crippen molar-refractivity contribution < 1.29 is 4.74 Å². The fourth-order valence-electron chi connectivity index (χ4n) is 1.24. The minimum atomic E-state index is 0.216. The molecular formula is C11H16ClNO. The number of rotatable bonds is 4. The van der Waals surface area contributed by atoms with E-state index >= 15 is 0 Å². The Hall–Kier alpha value is -0.730. The number of halogens is 1. The first-order valence-electron chi connectivity index (χ1n) is 4.71. The number of methoxy groups -OCH3 is 1. The zero-order valence-corrected chi connectivity index (χ0v) is 9.34. The van der Waals surface area contributed by atoms with Gasteiger partial charge < -0.3 is 10.5 Å². The molecule has 0 aliphatic carbocycles. The van der Waals surface area contributed by atoms with Gasteiger partial charge >= 0.3 is 0 Å². The van der Waals surface area contributed by atoms with Crippen LogP contribution in [0, 0.1) is 0 Å². The van der Waals surface area contributed by atoms with E-state index in [4.69, 9.17) is 22.1 Å². The lowest BCUT2D eigenvalue weighted by Crippen LogP contribution is -2.15. The monoisotopic (exact) mass is 213 g/mol. The summed E-state index contributed by atoms with van der Waals surface area (Å²) in [6.07, 6.45) is 1.87. The van der Waals surface area contributed by atoms with E-state index in [1.54, 1.807) is 7.11 Å². The van der Waals surface area contributed by atoms with Gasteiger partial charge in [-0.2, -0.15) is 0 Å². The van der Waals surface area contributed by atoms with Gasteiger partial charge in [-0.25, -0.2) is 0 Å². The van der Waals surface area contributed by atoms with Gasteiger partial charge in [0, 0.05) is 11.1 Å². The Morgan fingerprint density at radius 1 is 1.50 bits per heavy atom. The van der Waals surface area contributed by atoms with E-state index in [0.29, 0.717) is 0 Å². The molecule has 1 aromatic carbocycles. The van der Waals surface area contributed by atoms with Crippen molar-refractivity contribution in [3.63, 3.8) is 0 Å². The molecule has 0 aliphatic rings. The number of benzene rings is 1. The molecule has 1 rings (SSSR count). The Morgan fingerprint density at radius 3 is 2.71 bits per heavy atom. The van der Waals surface area contributed by atoms with Gasteiger partial charge in [0.2, 0.25) is 0 Å². The van der Waals surface area contributed by atoms with E-state index in [0.717, 1.165) is 29.2 Å². The molecule has 0 bridgehead atoms. The van der Waals surface area contributed by atoms with Gasteiger partial charge in [-0.3, -0.25) is 0 Å². The predicted octanol–water partition coefficient (Wildman–Crippen LogP) is 2.63. The second-order valence-electron chi connectivity index (χ2n) is 3.47. The molecule has 78 valence electrons. The Kier molecular flexibility index (Phi) is 4.23. The molecule has 0 fully saturated rings. The number of hydrogen-bond acceptors (Lipinski definition) is 2. The van der Waals surface area contributed by atoms with Gasteiger partial charge in [-0.05, 0) is 37.5 Å². The summed E-state index contributed by atoms with van der Waals surface area (Å²) in [5.74, 6) is 0.791. The highest BCUT2D eigenvalue weighted by Crippen LogP contribution is 2.23. The quantitative estimate of drug-likeness (QED) is 0.835. The summed E-state index contributed by atoms with van der Waals surface area (Å²) in [6.45, 7) is 2.00. The molecule has 0 radical (unpaired) electrons. The largest absolute Gasteiger partial charge is 0.497 e. The van der Waals surface area contributed by atoms with Crippen molar-refractivity contribution in [2.24, 2.45) is 5.73 Å². The van der Waals surface area contributed by atoms with Crippen LogP contribution < -0.4 is 10.5 Å². The van der Waals surface area contributed by atoms with Crippen molar-refractivity contribution in [3.8, 4) is 5.75 Å². The van der Waals surface area contributed by atoms with Gasteiger partial charge in [0.15, 0.2) is 0 Å². The molecule has 0 saturated heterocycles. The Balaban J connectivity index is 2.69. The van der Waals surface area contributed by atoms with Crippen LogP contribution in [0.15, 0.2) is 18.2 Å². The Morgan fingerprint density at radius 2 is 2.21 bits per heavy atom. The summed E-state index contributed by atoms with van der Waals surface area (Å²) < 4.78 is 5.07. The molecular weight excluding hydrogens is 198 g/mol. The van der Waals surface area contributed by atoms with Gasteiger partial charge in [0.05, 0.1) is 7.11 Å². The SMILES string of the molecule is COc1ccc(CC[C@@H](C)N)c(Cl)c1. The molecule has 0 heterocycles. The average Bonchev–Trinajstić information content (AvgIpc) is 2.15. The summed E-state index contributed by atoms with van der Waals surface area (Å²) in [5.41, 5.74) is 6.81. The standard InChI is InChI=1S/C11H16ClNO/c1-8(13)3-4-9-5-6-10(14-2)7-11(9)12/h5-8H,3-4,13H2,1-2H3/t8-/m1/s1.